The smallest absolute Gasteiger partial charge is 0.239 e. The molecule has 1 aromatic heterocycles. The molecule has 0 N–H and O–H groups in total. The summed E-state index contributed by atoms with van der Waals surface area (Å²) in [4.78, 5) is 17.1. The molecular weight excluding hydrogens is 286 g/mol. The first-order valence-corrected chi connectivity index (χ1v) is 8.80. The Labute approximate surface area is 137 Å². The van der Waals surface area contributed by atoms with Gasteiger partial charge < -0.3 is 9.47 Å². The molecule has 0 aliphatic carbocycles. The molecule has 2 aliphatic heterocycles. The third-order valence-electron chi connectivity index (χ3n) is 5.63. The van der Waals surface area contributed by atoms with Crippen LogP contribution < -0.4 is 0 Å². The Balaban J connectivity index is 1.62. The molecule has 0 spiro atoms. The van der Waals surface area contributed by atoms with Crippen LogP contribution in [-0.4, -0.2) is 45.4 Å². The van der Waals surface area contributed by atoms with E-state index in [2.05, 4.69) is 58.7 Å². The second kappa shape index (κ2) is 5.68. The number of nitrogens with zero attached hydrogens (tertiary/aromatic N) is 3. The second-order valence-corrected chi connectivity index (χ2v) is 6.88. The van der Waals surface area contributed by atoms with Crippen molar-refractivity contribution in [1.82, 2.24) is 14.4 Å². The lowest BCUT2D eigenvalue weighted by Crippen LogP contribution is -2.58. The molecule has 2 aromatic rings. The van der Waals surface area contributed by atoms with Crippen molar-refractivity contribution >= 4 is 16.8 Å². The standard InChI is InChI=1S/C19H25N3O/c1-3-20-11-9-17-15(6-4-8-18(17)20)12-21-13-16-7-5-10-22(16)19(23)14(21)2/h4,6,8-9,11,14,16H,3,5,7,10,12-13H2,1-2H3/t14-,16-/m1/s1. The highest BCUT2D eigenvalue weighted by Crippen LogP contribution is 2.28. The van der Waals surface area contributed by atoms with Gasteiger partial charge in [-0.1, -0.05) is 12.1 Å². The van der Waals surface area contributed by atoms with Gasteiger partial charge in [0.15, 0.2) is 0 Å². The highest BCUT2D eigenvalue weighted by molar-refractivity contribution is 5.85. The predicted octanol–water partition coefficient (Wildman–Crippen LogP) is 2.86. The summed E-state index contributed by atoms with van der Waals surface area (Å²) >= 11 is 0. The number of carbonyl (C=O) groups excluding carboxylic acids is 1. The zero-order valence-corrected chi connectivity index (χ0v) is 14.0. The van der Waals surface area contributed by atoms with Crippen LogP contribution in [-0.2, 0) is 17.9 Å². The van der Waals surface area contributed by atoms with Crippen molar-refractivity contribution < 1.29 is 4.79 Å². The maximum atomic E-state index is 12.6. The van der Waals surface area contributed by atoms with Gasteiger partial charge in [-0.25, -0.2) is 0 Å². The van der Waals surface area contributed by atoms with Crippen LogP contribution in [0.15, 0.2) is 30.5 Å². The molecule has 4 nitrogen and oxygen atoms in total. The molecule has 2 saturated heterocycles. The van der Waals surface area contributed by atoms with E-state index in [1.807, 2.05) is 0 Å². The summed E-state index contributed by atoms with van der Waals surface area (Å²) in [7, 11) is 0. The zero-order chi connectivity index (χ0) is 16.0. The third-order valence-corrected chi connectivity index (χ3v) is 5.63. The molecule has 2 fully saturated rings. The van der Waals surface area contributed by atoms with E-state index in [0.717, 1.165) is 39.0 Å². The molecule has 2 atom stereocenters. The molecule has 0 radical (unpaired) electrons. The number of hydrogen-bond acceptors (Lipinski definition) is 2. The number of amides is 1. The quantitative estimate of drug-likeness (QED) is 0.872. The molecule has 0 bridgehead atoms. The number of aromatic nitrogens is 1. The summed E-state index contributed by atoms with van der Waals surface area (Å²) in [6.45, 7) is 8.06. The lowest BCUT2D eigenvalue weighted by atomic mass is 10.0. The van der Waals surface area contributed by atoms with E-state index in [4.69, 9.17) is 0 Å². The van der Waals surface area contributed by atoms with E-state index in [-0.39, 0.29) is 6.04 Å². The van der Waals surface area contributed by atoms with E-state index in [0.29, 0.717) is 11.9 Å². The van der Waals surface area contributed by atoms with Gasteiger partial charge in [-0.2, -0.15) is 0 Å². The Morgan fingerprint density at radius 1 is 1.26 bits per heavy atom. The maximum Gasteiger partial charge on any atom is 0.239 e. The van der Waals surface area contributed by atoms with Gasteiger partial charge in [0.05, 0.1) is 6.04 Å². The van der Waals surface area contributed by atoms with E-state index in [9.17, 15) is 4.79 Å². The van der Waals surface area contributed by atoms with Gasteiger partial charge in [0.25, 0.3) is 0 Å². The highest BCUT2D eigenvalue weighted by Gasteiger charge is 2.40. The Kier molecular flexibility index (Phi) is 3.64. The molecule has 122 valence electrons. The van der Waals surface area contributed by atoms with E-state index < -0.39 is 0 Å². The van der Waals surface area contributed by atoms with Gasteiger partial charge in [0.1, 0.15) is 0 Å². The van der Waals surface area contributed by atoms with Crippen LogP contribution in [0.1, 0.15) is 32.3 Å². The molecule has 3 heterocycles. The molecule has 0 saturated carbocycles. The molecule has 1 aromatic carbocycles. The van der Waals surface area contributed by atoms with Crippen LogP contribution in [0.4, 0.5) is 0 Å². The molecule has 4 rings (SSSR count). The van der Waals surface area contributed by atoms with Crippen LogP contribution in [0.5, 0.6) is 0 Å². The first-order valence-electron chi connectivity index (χ1n) is 8.80. The van der Waals surface area contributed by atoms with Gasteiger partial charge in [-0.3, -0.25) is 9.69 Å². The number of benzene rings is 1. The zero-order valence-electron chi connectivity index (χ0n) is 14.0. The highest BCUT2D eigenvalue weighted by atomic mass is 16.2. The fourth-order valence-corrected chi connectivity index (χ4v) is 4.26. The fourth-order valence-electron chi connectivity index (χ4n) is 4.26. The number of fused-ring (bicyclic) bond motifs is 2. The number of rotatable bonds is 3. The van der Waals surface area contributed by atoms with Crippen molar-refractivity contribution in [3.8, 4) is 0 Å². The van der Waals surface area contributed by atoms with Crippen LogP contribution in [0.25, 0.3) is 10.9 Å². The van der Waals surface area contributed by atoms with E-state index in [1.165, 1.54) is 16.5 Å². The molecule has 4 heteroatoms. The monoisotopic (exact) mass is 311 g/mol. The van der Waals surface area contributed by atoms with Gasteiger partial charge in [-0.15, -0.1) is 0 Å². The Morgan fingerprint density at radius 3 is 2.96 bits per heavy atom. The number of aryl methyl sites for hydroxylation is 1. The molecule has 0 unspecified atom stereocenters. The van der Waals surface area contributed by atoms with Gasteiger partial charge in [-0.05, 0) is 44.4 Å². The first-order chi connectivity index (χ1) is 11.2. The Hall–Kier alpha value is -1.81. The molecule has 2 aliphatic rings. The molecule has 23 heavy (non-hydrogen) atoms. The van der Waals surface area contributed by atoms with Crippen molar-refractivity contribution in [2.24, 2.45) is 0 Å². The average Bonchev–Trinajstić information content (AvgIpc) is 3.19. The summed E-state index contributed by atoms with van der Waals surface area (Å²) in [5.41, 5.74) is 2.63. The molecular formula is C19H25N3O. The summed E-state index contributed by atoms with van der Waals surface area (Å²) in [5, 5.41) is 1.32. The third kappa shape index (κ3) is 2.36. The number of carbonyl (C=O) groups is 1. The average molecular weight is 311 g/mol. The topological polar surface area (TPSA) is 28.5 Å². The number of hydrogen-bond donors (Lipinski definition) is 0. The lowest BCUT2D eigenvalue weighted by molar-refractivity contribution is -0.143. The normalized spacial score (nSPS) is 25.3. The van der Waals surface area contributed by atoms with Crippen LogP contribution in [0, 0.1) is 0 Å². The van der Waals surface area contributed by atoms with Gasteiger partial charge in [0.2, 0.25) is 5.91 Å². The van der Waals surface area contributed by atoms with E-state index in [1.54, 1.807) is 0 Å². The SMILES string of the molecule is CCn1ccc2c(CN3C[C@H]4CCCN4C(=O)[C@H]3C)cccc21. The van der Waals surface area contributed by atoms with Crippen molar-refractivity contribution in [3.63, 3.8) is 0 Å². The molecule has 1 amide bonds. The maximum absolute atomic E-state index is 12.6. The second-order valence-electron chi connectivity index (χ2n) is 6.88. The minimum absolute atomic E-state index is 0.00660. The number of piperazine rings is 1. The van der Waals surface area contributed by atoms with Gasteiger partial charge in [0, 0.05) is 49.3 Å². The van der Waals surface area contributed by atoms with Crippen LogP contribution in [0.2, 0.25) is 0 Å². The predicted molar refractivity (Wildman–Crippen MR) is 92.2 cm³/mol. The minimum Gasteiger partial charge on any atom is -0.348 e. The largest absolute Gasteiger partial charge is 0.348 e. The Bertz CT molecular complexity index is 735. The minimum atomic E-state index is -0.00660. The summed E-state index contributed by atoms with van der Waals surface area (Å²) in [5.74, 6) is 0.317. The van der Waals surface area contributed by atoms with Crippen LogP contribution in [0.3, 0.4) is 0 Å². The van der Waals surface area contributed by atoms with Crippen molar-refractivity contribution in [2.75, 3.05) is 13.1 Å². The summed E-state index contributed by atoms with van der Waals surface area (Å²) in [6.07, 6.45) is 4.48. The lowest BCUT2D eigenvalue weighted by Gasteiger charge is -2.41. The van der Waals surface area contributed by atoms with Gasteiger partial charge >= 0.3 is 0 Å². The van der Waals surface area contributed by atoms with E-state index >= 15 is 0 Å². The van der Waals surface area contributed by atoms with Crippen LogP contribution >= 0.6 is 0 Å². The fraction of sp³-hybridized carbons (Fsp3) is 0.526. The van der Waals surface area contributed by atoms with Crippen molar-refractivity contribution in [3.05, 3.63) is 36.0 Å². The Morgan fingerprint density at radius 2 is 2.13 bits per heavy atom. The first kappa shape index (κ1) is 14.8. The van der Waals surface area contributed by atoms with Crippen molar-refractivity contribution in [1.29, 1.82) is 0 Å². The summed E-state index contributed by atoms with van der Waals surface area (Å²) in [6, 6.07) is 9.17. The summed E-state index contributed by atoms with van der Waals surface area (Å²) < 4.78 is 2.28. The van der Waals surface area contributed by atoms with Crippen molar-refractivity contribution in [2.45, 2.75) is 51.9 Å².